The Bertz CT molecular complexity index is 278. The molecule has 0 saturated carbocycles. The van der Waals surface area contributed by atoms with E-state index in [0.717, 1.165) is 25.9 Å². The van der Waals surface area contributed by atoms with Crippen LogP contribution in [0.4, 0.5) is 0 Å². The minimum Gasteiger partial charge on any atom is -0.373 e. The minimum absolute atomic E-state index is 0.0213. The van der Waals surface area contributed by atoms with Crippen molar-refractivity contribution in [1.29, 1.82) is 0 Å². The quantitative estimate of drug-likeness (QED) is 0.494. The molecule has 0 amide bonds. The van der Waals surface area contributed by atoms with E-state index in [1.54, 1.807) is 0 Å². The molecule has 0 radical (unpaired) electrons. The van der Waals surface area contributed by atoms with E-state index in [0.29, 0.717) is 24.7 Å². The van der Waals surface area contributed by atoms with E-state index in [2.05, 4.69) is 41.5 Å². The Balaban J connectivity index is 2.53. The molecule has 21 heavy (non-hydrogen) atoms. The summed E-state index contributed by atoms with van der Waals surface area (Å²) in [6.45, 7) is 15.8. The standard InChI is InChI=1S/C18H36O3/c1-7-17(5,8-2)11-15(19-12-16-13-20-16)14-21-18(6,9-3)10-4/h15-16H,7-14H2,1-6H3. The van der Waals surface area contributed by atoms with Gasteiger partial charge in [-0.25, -0.2) is 0 Å². The summed E-state index contributed by atoms with van der Waals surface area (Å²) in [5, 5.41) is 0. The zero-order valence-electron chi connectivity index (χ0n) is 15.0. The second-order valence-corrected chi connectivity index (χ2v) is 7.10. The topological polar surface area (TPSA) is 31.0 Å². The van der Waals surface area contributed by atoms with Gasteiger partial charge in [-0.1, -0.05) is 47.5 Å². The molecule has 126 valence electrons. The van der Waals surface area contributed by atoms with Gasteiger partial charge in [-0.3, -0.25) is 0 Å². The van der Waals surface area contributed by atoms with Gasteiger partial charge in [0.1, 0.15) is 6.10 Å². The minimum atomic E-state index is -0.0213. The van der Waals surface area contributed by atoms with Crippen molar-refractivity contribution < 1.29 is 14.2 Å². The van der Waals surface area contributed by atoms with Gasteiger partial charge < -0.3 is 14.2 Å². The van der Waals surface area contributed by atoms with Crippen molar-refractivity contribution >= 4 is 0 Å². The average molecular weight is 300 g/mol. The van der Waals surface area contributed by atoms with Crippen molar-refractivity contribution in [2.75, 3.05) is 19.8 Å². The summed E-state index contributed by atoms with van der Waals surface area (Å²) >= 11 is 0. The molecule has 1 fully saturated rings. The summed E-state index contributed by atoms with van der Waals surface area (Å²) < 4.78 is 17.6. The third-order valence-corrected chi connectivity index (χ3v) is 5.46. The number of hydrogen-bond donors (Lipinski definition) is 0. The lowest BCUT2D eigenvalue weighted by Crippen LogP contribution is -2.35. The van der Waals surface area contributed by atoms with Gasteiger partial charge in [0.05, 0.1) is 31.5 Å². The maximum Gasteiger partial charge on any atom is 0.104 e. The molecule has 3 heteroatoms. The van der Waals surface area contributed by atoms with Crippen LogP contribution in [0.5, 0.6) is 0 Å². The number of rotatable bonds is 12. The molecule has 3 nitrogen and oxygen atoms in total. The van der Waals surface area contributed by atoms with Gasteiger partial charge in [-0.15, -0.1) is 0 Å². The molecule has 1 rings (SSSR count). The SMILES string of the molecule is CCC(C)(CC)CC(COC(C)(CC)CC)OCC1CO1. The largest absolute Gasteiger partial charge is 0.373 e. The molecule has 0 aromatic rings. The summed E-state index contributed by atoms with van der Waals surface area (Å²) in [5.41, 5.74) is 0.319. The highest BCUT2D eigenvalue weighted by Gasteiger charge is 2.30. The predicted octanol–water partition coefficient (Wildman–Crippen LogP) is 4.58. The molecule has 0 aromatic carbocycles. The summed E-state index contributed by atoms with van der Waals surface area (Å²) in [6, 6.07) is 0. The fraction of sp³-hybridized carbons (Fsp3) is 1.00. The highest BCUT2D eigenvalue weighted by Crippen LogP contribution is 2.33. The van der Waals surface area contributed by atoms with Gasteiger partial charge in [0.2, 0.25) is 0 Å². The second-order valence-electron chi connectivity index (χ2n) is 7.10. The molecule has 0 aliphatic carbocycles. The molecule has 1 aliphatic heterocycles. The van der Waals surface area contributed by atoms with Gasteiger partial charge in [0.15, 0.2) is 0 Å². The molecule has 1 saturated heterocycles. The van der Waals surface area contributed by atoms with Crippen LogP contribution in [0.3, 0.4) is 0 Å². The predicted molar refractivity (Wildman–Crippen MR) is 87.7 cm³/mol. The Morgan fingerprint density at radius 3 is 2.05 bits per heavy atom. The first-order valence-electron chi connectivity index (χ1n) is 8.77. The van der Waals surface area contributed by atoms with Crippen LogP contribution in [0.2, 0.25) is 0 Å². The van der Waals surface area contributed by atoms with Gasteiger partial charge >= 0.3 is 0 Å². The molecule has 0 bridgehead atoms. The zero-order chi connectivity index (χ0) is 15.9. The van der Waals surface area contributed by atoms with E-state index < -0.39 is 0 Å². The summed E-state index contributed by atoms with van der Waals surface area (Å²) in [6.07, 6.45) is 6.02. The van der Waals surface area contributed by atoms with Gasteiger partial charge in [-0.2, -0.15) is 0 Å². The Kier molecular flexibility index (Phi) is 7.66. The maximum atomic E-state index is 6.21. The van der Waals surface area contributed by atoms with Crippen LogP contribution in [0.1, 0.15) is 73.6 Å². The number of ether oxygens (including phenoxy) is 3. The lowest BCUT2D eigenvalue weighted by atomic mass is 9.79. The van der Waals surface area contributed by atoms with E-state index in [4.69, 9.17) is 14.2 Å². The van der Waals surface area contributed by atoms with Crippen molar-refractivity contribution in [2.24, 2.45) is 5.41 Å². The third-order valence-electron chi connectivity index (χ3n) is 5.46. The summed E-state index contributed by atoms with van der Waals surface area (Å²) in [7, 11) is 0. The summed E-state index contributed by atoms with van der Waals surface area (Å²) in [5.74, 6) is 0. The van der Waals surface area contributed by atoms with Crippen LogP contribution in [0, 0.1) is 5.41 Å². The molecular weight excluding hydrogens is 264 g/mol. The average Bonchev–Trinajstić information content (AvgIpc) is 3.33. The van der Waals surface area contributed by atoms with Gasteiger partial charge in [0.25, 0.3) is 0 Å². The molecule has 2 atom stereocenters. The van der Waals surface area contributed by atoms with E-state index in [-0.39, 0.29) is 11.7 Å². The summed E-state index contributed by atoms with van der Waals surface area (Å²) in [4.78, 5) is 0. The molecule has 0 aromatic heterocycles. The number of hydrogen-bond acceptors (Lipinski definition) is 3. The van der Waals surface area contributed by atoms with Gasteiger partial charge in [0, 0.05) is 0 Å². The molecule has 0 N–H and O–H groups in total. The fourth-order valence-corrected chi connectivity index (χ4v) is 2.41. The molecule has 1 aliphatic rings. The molecule has 2 unspecified atom stereocenters. The van der Waals surface area contributed by atoms with Crippen LogP contribution >= 0.6 is 0 Å². The van der Waals surface area contributed by atoms with E-state index in [1.165, 1.54) is 12.8 Å². The van der Waals surface area contributed by atoms with Crippen LogP contribution < -0.4 is 0 Å². The van der Waals surface area contributed by atoms with Crippen LogP contribution in [-0.4, -0.2) is 37.6 Å². The molecular formula is C18H36O3. The Labute approximate surface area is 131 Å². The van der Waals surface area contributed by atoms with Crippen molar-refractivity contribution in [2.45, 2.75) is 91.5 Å². The smallest absolute Gasteiger partial charge is 0.104 e. The van der Waals surface area contributed by atoms with E-state index in [1.807, 2.05) is 0 Å². The van der Waals surface area contributed by atoms with Crippen LogP contribution in [-0.2, 0) is 14.2 Å². The number of epoxide rings is 1. The van der Waals surface area contributed by atoms with Crippen molar-refractivity contribution in [3.8, 4) is 0 Å². The first kappa shape index (κ1) is 18.9. The first-order chi connectivity index (χ1) is 9.90. The third kappa shape index (κ3) is 6.66. The second kappa shape index (κ2) is 8.50. The first-order valence-corrected chi connectivity index (χ1v) is 8.77. The Hall–Kier alpha value is -0.120. The van der Waals surface area contributed by atoms with Gasteiger partial charge in [-0.05, 0) is 31.6 Å². The lowest BCUT2D eigenvalue weighted by Gasteiger charge is -2.34. The molecule has 1 heterocycles. The molecule has 0 spiro atoms. The zero-order valence-corrected chi connectivity index (χ0v) is 15.0. The van der Waals surface area contributed by atoms with Crippen LogP contribution in [0.15, 0.2) is 0 Å². The van der Waals surface area contributed by atoms with Crippen molar-refractivity contribution in [1.82, 2.24) is 0 Å². The Morgan fingerprint density at radius 1 is 1.05 bits per heavy atom. The highest BCUT2D eigenvalue weighted by atomic mass is 16.6. The highest BCUT2D eigenvalue weighted by molar-refractivity contribution is 4.79. The van der Waals surface area contributed by atoms with E-state index in [9.17, 15) is 0 Å². The van der Waals surface area contributed by atoms with Crippen LogP contribution in [0.25, 0.3) is 0 Å². The normalized spacial score (nSPS) is 20.6. The van der Waals surface area contributed by atoms with Crippen molar-refractivity contribution in [3.63, 3.8) is 0 Å². The monoisotopic (exact) mass is 300 g/mol. The maximum absolute atomic E-state index is 6.21. The Morgan fingerprint density at radius 2 is 1.62 bits per heavy atom. The van der Waals surface area contributed by atoms with Crippen molar-refractivity contribution in [3.05, 3.63) is 0 Å². The fourth-order valence-electron chi connectivity index (χ4n) is 2.41. The van der Waals surface area contributed by atoms with E-state index >= 15 is 0 Å². The lowest BCUT2D eigenvalue weighted by molar-refractivity contribution is -0.104.